The molecule has 30 heavy (non-hydrogen) atoms. The van der Waals surface area contributed by atoms with Crippen LogP contribution in [0.2, 0.25) is 0 Å². The van der Waals surface area contributed by atoms with E-state index in [0.717, 1.165) is 22.3 Å². The van der Waals surface area contributed by atoms with Crippen molar-refractivity contribution in [2.75, 3.05) is 19.4 Å². The molecule has 1 aliphatic carbocycles. The monoisotopic (exact) mass is 426 g/mol. The lowest BCUT2D eigenvalue weighted by Crippen LogP contribution is -2.45. The van der Waals surface area contributed by atoms with E-state index in [-0.39, 0.29) is 12.5 Å². The number of hydrogen-bond donors (Lipinski definition) is 3. The summed E-state index contributed by atoms with van der Waals surface area (Å²) in [6.45, 7) is 0.642. The summed E-state index contributed by atoms with van der Waals surface area (Å²) >= 11 is 1.36. The van der Waals surface area contributed by atoms with Gasteiger partial charge in [-0.05, 0) is 41.4 Å². The second-order valence-corrected chi connectivity index (χ2v) is 7.82. The first-order valence-corrected chi connectivity index (χ1v) is 11.0. The molecule has 0 bridgehead atoms. The highest BCUT2D eigenvalue weighted by Crippen LogP contribution is 2.44. The summed E-state index contributed by atoms with van der Waals surface area (Å²) in [6, 6.07) is 15.4. The number of ether oxygens (including phenoxy) is 1. The maximum absolute atomic E-state index is 12.3. The number of hydrogen-bond acceptors (Lipinski definition) is 5. The predicted octanol–water partition coefficient (Wildman–Crippen LogP) is 2.84. The fourth-order valence-corrected chi connectivity index (χ4v) is 3.84. The van der Waals surface area contributed by atoms with Crippen LogP contribution < -0.4 is 16.8 Å². The van der Waals surface area contributed by atoms with Crippen molar-refractivity contribution < 1.29 is 14.3 Å². The van der Waals surface area contributed by atoms with E-state index in [1.807, 2.05) is 42.7 Å². The summed E-state index contributed by atoms with van der Waals surface area (Å²) < 4.78 is 5.47. The molecule has 0 heterocycles. The van der Waals surface area contributed by atoms with Gasteiger partial charge in [0.1, 0.15) is 12.6 Å². The number of thioether (sulfide) groups is 1. The van der Waals surface area contributed by atoms with Crippen LogP contribution in [0, 0.1) is 0 Å². The number of fused-ring (bicyclic) bond motifs is 3. The van der Waals surface area contributed by atoms with Crippen LogP contribution in [-0.4, -0.2) is 42.6 Å². The van der Waals surface area contributed by atoms with Gasteiger partial charge in [0.15, 0.2) is 5.17 Å². The van der Waals surface area contributed by atoms with Crippen LogP contribution in [0.5, 0.6) is 0 Å². The van der Waals surface area contributed by atoms with Gasteiger partial charge in [-0.2, -0.15) is 0 Å². The number of amidine groups is 1. The fraction of sp³-hybridized carbons (Fsp3) is 0.318. The van der Waals surface area contributed by atoms with Gasteiger partial charge in [0.25, 0.3) is 0 Å². The molecule has 0 spiro atoms. The van der Waals surface area contributed by atoms with Crippen LogP contribution >= 0.6 is 11.8 Å². The third-order valence-corrected chi connectivity index (χ3v) is 5.65. The number of nitrogens with zero attached hydrogens (tertiary/aromatic N) is 1. The first kappa shape index (κ1) is 21.7. The number of primary amides is 1. The number of benzene rings is 2. The van der Waals surface area contributed by atoms with Crippen molar-refractivity contribution in [1.29, 1.82) is 0 Å². The van der Waals surface area contributed by atoms with E-state index >= 15 is 0 Å². The second kappa shape index (κ2) is 10.2. The molecule has 7 nitrogen and oxygen atoms in total. The molecular weight excluding hydrogens is 400 g/mol. The lowest BCUT2D eigenvalue weighted by atomic mass is 9.98. The van der Waals surface area contributed by atoms with Gasteiger partial charge in [-0.15, -0.1) is 0 Å². The van der Waals surface area contributed by atoms with E-state index in [1.165, 1.54) is 11.8 Å². The molecule has 0 saturated carbocycles. The molecule has 1 aliphatic rings. The number of alkyl carbamates (subject to hydrolysis) is 1. The first-order chi connectivity index (χ1) is 14.5. The largest absolute Gasteiger partial charge is 0.449 e. The molecule has 0 fully saturated rings. The Labute approximate surface area is 180 Å². The van der Waals surface area contributed by atoms with Crippen LogP contribution in [0.25, 0.3) is 11.1 Å². The number of carbonyl (C=O) groups excluding carboxylic acids is 2. The number of aliphatic imine (C=N–C) groups is 1. The van der Waals surface area contributed by atoms with Gasteiger partial charge in [-0.25, -0.2) is 4.79 Å². The molecule has 0 saturated heterocycles. The standard InChI is InChI=1S/C22H26N4O3S/c1-30-21(24)25-12-6-11-19(20(23)27)26-22(28)29-13-18-16-9-4-2-7-14(16)15-8-3-5-10-17(15)18/h2-5,7-10,18-19H,6,11-13H2,1H3,(H2,23,27)(H2,24,25)(H,26,28)/t19-/m0/s1. The van der Waals surface area contributed by atoms with E-state index in [0.29, 0.717) is 24.6 Å². The fourth-order valence-electron chi connectivity index (χ4n) is 3.62. The minimum atomic E-state index is -0.814. The Bertz CT molecular complexity index is 902. The van der Waals surface area contributed by atoms with Crippen molar-refractivity contribution >= 4 is 28.9 Å². The van der Waals surface area contributed by atoms with Gasteiger partial charge in [0.2, 0.25) is 5.91 Å². The molecular formula is C22H26N4O3S. The predicted molar refractivity (Wildman–Crippen MR) is 120 cm³/mol. The number of amides is 2. The van der Waals surface area contributed by atoms with Crippen molar-refractivity contribution in [3.63, 3.8) is 0 Å². The topological polar surface area (TPSA) is 120 Å². The van der Waals surface area contributed by atoms with Gasteiger partial charge in [0, 0.05) is 12.5 Å². The van der Waals surface area contributed by atoms with Crippen LogP contribution in [0.15, 0.2) is 53.5 Å². The van der Waals surface area contributed by atoms with Crippen molar-refractivity contribution in [3.05, 3.63) is 59.7 Å². The van der Waals surface area contributed by atoms with Crippen molar-refractivity contribution in [1.82, 2.24) is 5.32 Å². The van der Waals surface area contributed by atoms with E-state index in [2.05, 4.69) is 22.4 Å². The number of nitrogens with one attached hydrogen (secondary N) is 1. The van der Waals surface area contributed by atoms with E-state index in [1.54, 1.807) is 0 Å². The van der Waals surface area contributed by atoms with Crippen LogP contribution in [-0.2, 0) is 9.53 Å². The minimum absolute atomic E-state index is 0.0426. The third kappa shape index (κ3) is 5.13. The molecule has 158 valence electrons. The van der Waals surface area contributed by atoms with Gasteiger partial charge < -0.3 is 21.5 Å². The summed E-state index contributed by atoms with van der Waals surface area (Å²) in [5.41, 5.74) is 15.6. The number of rotatable bonds is 8. The third-order valence-electron chi connectivity index (χ3n) is 5.11. The highest BCUT2D eigenvalue weighted by molar-refractivity contribution is 8.13. The average molecular weight is 427 g/mol. The number of nitrogens with two attached hydrogens (primary N) is 2. The highest BCUT2D eigenvalue weighted by Gasteiger charge is 2.29. The molecule has 8 heteroatoms. The van der Waals surface area contributed by atoms with Gasteiger partial charge in [-0.3, -0.25) is 9.79 Å². The van der Waals surface area contributed by atoms with Crippen LogP contribution in [0.4, 0.5) is 4.79 Å². The summed E-state index contributed by atoms with van der Waals surface area (Å²) in [6.07, 6.45) is 2.11. The zero-order valence-electron chi connectivity index (χ0n) is 16.8. The maximum Gasteiger partial charge on any atom is 0.407 e. The normalized spacial score (nSPS) is 14.0. The molecule has 0 unspecified atom stereocenters. The van der Waals surface area contributed by atoms with Crippen molar-refractivity contribution in [2.45, 2.75) is 24.8 Å². The first-order valence-electron chi connectivity index (χ1n) is 9.76. The molecule has 0 aromatic heterocycles. The van der Waals surface area contributed by atoms with E-state index in [4.69, 9.17) is 16.2 Å². The quantitative estimate of drug-likeness (QED) is 0.341. The Morgan fingerprint density at radius 3 is 2.27 bits per heavy atom. The van der Waals surface area contributed by atoms with Crippen LogP contribution in [0.3, 0.4) is 0 Å². The van der Waals surface area contributed by atoms with Gasteiger partial charge in [-0.1, -0.05) is 60.3 Å². The van der Waals surface area contributed by atoms with Crippen molar-refractivity contribution in [2.24, 2.45) is 16.5 Å². The van der Waals surface area contributed by atoms with E-state index in [9.17, 15) is 9.59 Å². The van der Waals surface area contributed by atoms with Crippen molar-refractivity contribution in [3.8, 4) is 11.1 Å². The van der Waals surface area contributed by atoms with Crippen LogP contribution in [0.1, 0.15) is 29.9 Å². The molecule has 5 N–H and O–H groups in total. The lowest BCUT2D eigenvalue weighted by molar-refractivity contribution is -0.120. The number of carbonyl (C=O) groups is 2. The lowest BCUT2D eigenvalue weighted by Gasteiger charge is -2.17. The molecule has 0 radical (unpaired) electrons. The Balaban J connectivity index is 1.58. The molecule has 3 rings (SSSR count). The SMILES string of the molecule is CSC(N)=NCCC[C@H](NC(=O)OCC1c2ccccc2-c2ccccc21)C(N)=O. The molecule has 2 aromatic rings. The summed E-state index contributed by atoms with van der Waals surface area (Å²) in [5.74, 6) is -0.649. The Kier molecular flexibility index (Phi) is 7.35. The smallest absolute Gasteiger partial charge is 0.407 e. The summed E-state index contributed by atoms with van der Waals surface area (Å²) in [7, 11) is 0. The molecule has 2 amide bonds. The highest BCUT2D eigenvalue weighted by atomic mass is 32.2. The molecule has 2 aromatic carbocycles. The second-order valence-electron chi connectivity index (χ2n) is 6.99. The van der Waals surface area contributed by atoms with E-state index < -0.39 is 18.0 Å². The summed E-state index contributed by atoms with van der Waals surface area (Å²) in [5, 5.41) is 3.05. The van der Waals surface area contributed by atoms with Gasteiger partial charge >= 0.3 is 6.09 Å². The Hall–Kier alpha value is -3.00. The maximum atomic E-state index is 12.3. The average Bonchev–Trinajstić information content (AvgIpc) is 3.07. The molecule has 0 aliphatic heterocycles. The summed E-state index contributed by atoms with van der Waals surface area (Å²) in [4.78, 5) is 28.2. The van der Waals surface area contributed by atoms with Gasteiger partial charge in [0.05, 0.1) is 0 Å². The Morgan fingerprint density at radius 2 is 1.70 bits per heavy atom. The minimum Gasteiger partial charge on any atom is -0.449 e. The Morgan fingerprint density at radius 1 is 1.10 bits per heavy atom. The zero-order valence-corrected chi connectivity index (χ0v) is 17.7. The molecule has 1 atom stereocenters. The zero-order chi connectivity index (χ0) is 21.5.